The van der Waals surface area contributed by atoms with Gasteiger partial charge in [0.25, 0.3) is 0 Å². The van der Waals surface area contributed by atoms with Crippen LogP contribution >= 0.6 is 15.9 Å². The number of hydrazone groups is 1. The molecule has 0 radical (unpaired) electrons. The molecule has 1 amide bonds. The van der Waals surface area contributed by atoms with Crippen LogP contribution in [0.25, 0.3) is 5.69 Å². The van der Waals surface area contributed by atoms with Crippen LogP contribution in [0.5, 0.6) is 17.2 Å². The fourth-order valence-corrected chi connectivity index (χ4v) is 4.55. The normalized spacial score (nSPS) is 11.3. The van der Waals surface area contributed by atoms with E-state index in [4.69, 9.17) is 18.6 Å². The van der Waals surface area contributed by atoms with Crippen molar-refractivity contribution in [3.05, 3.63) is 93.6 Å². The Hall–Kier alpha value is -3.98. The van der Waals surface area contributed by atoms with Crippen LogP contribution in [-0.2, 0) is 6.61 Å². The van der Waals surface area contributed by atoms with Crippen molar-refractivity contribution in [1.82, 2.24) is 9.99 Å². The lowest BCUT2D eigenvalue weighted by Crippen LogP contribution is -2.16. The molecule has 0 saturated heterocycles. The molecule has 9 heteroatoms. The quantitative estimate of drug-likeness (QED) is 0.150. The summed E-state index contributed by atoms with van der Waals surface area (Å²) < 4.78 is 26.0. The Morgan fingerprint density at radius 3 is 2.44 bits per heavy atom. The van der Waals surface area contributed by atoms with E-state index < -0.39 is 5.91 Å². The van der Waals surface area contributed by atoms with E-state index in [9.17, 15) is 4.79 Å². The van der Waals surface area contributed by atoms with Gasteiger partial charge in [-0.3, -0.25) is 4.79 Å². The molecule has 8 nitrogen and oxygen atoms in total. The van der Waals surface area contributed by atoms with E-state index in [-0.39, 0.29) is 18.5 Å². The molecule has 0 aliphatic carbocycles. The smallest absolute Gasteiger partial charge is 0.307 e. The summed E-state index contributed by atoms with van der Waals surface area (Å²) in [4.78, 5) is 12.5. The molecular weight excluding hydrogens is 562 g/mol. The number of halogens is 1. The van der Waals surface area contributed by atoms with Gasteiger partial charge in [-0.1, -0.05) is 0 Å². The number of benzene rings is 2. The molecule has 0 atom stereocenters. The third-order valence-electron chi connectivity index (χ3n) is 5.70. The lowest BCUT2D eigenvalue weighted by Gasteiger charge is -2.16. The van der Waals surface area contributed by atoms with Gasteiger partial charge in [0, 0.05) is 17.1 Å². The fourth-order valence-electron chi connectivity index (χ4n) is 4.00. The summed E-state index contributed by atoms with van der Waals surface area (Å²) >= 11 is 3.52. The number of rotatable bonds is 11. The summed E-state index contributed by atoms with van der Waals surface area (Å²) in [6.07, 6.45) is 1.52. The molecule has 4 rings (SSSR count). The maximum atomic E-state index is 12.5. The molecule has 0 saturated carbocycles. The molecule has 39 heavy (non-hydrogen) atoms. The Morgan fingerprint density at radius 1 is 1.05 bits per heavy atom. The molecule has 204 valence electrons. The molecule has 1 N–H and O–H groups in total. The molecule has 0 aliphatic rings. The SMILES string of the molecule is CCOc1cc(/C=N/NC(=O)c2ccc(COc3ccc(-n4c(C)ccc4C)cc3)o2)cc(Br)c1OC(C)C. The fraction of sp³-hybridized carbons (Fsp3) is 0.267. The van der Waals surface area contributed by atoms with Crippen molar-refractivity contribution in [2.45, 2.75) is 47.3 Å². The summed E-state index contributed by atoms with van der Waals surface area (Å²) in [5, 5.41) is 4.06. The zero-order valence-electron chi connectivity index (χ0n) is 22.7. The Kier molecular flexibility index (Phi) is 9.14. The molecule has 2 aromatic heterocycles. The Bertz CT molecular complexity index is 1430. The number of carbonyl (C=O) groups is 1. The van der Waals surface area contributed by atoms with Gasteiger partial charge in [0.15, 0.2) is 17.3 Å². The van der Waals surface area contributed by atoms with Gasteiger partial charge in [-0.25, -0.2) is 5.43 Å². The molecule has 0 spiro atoms. The topological polar surface area (TPSA) is 87.2 Å². The lowest BCUT2D eigenvalue weighted by molar-refractivity contribution is 0.0923. The highest BCUT2D eigenvalue weighted by molar-refractivity contribution is 9.10. The van der Waals surface area contributed by atoms with Gasteiger partial charge >= 0.3 is 5.91 Å². The highest BCUT2D eigenvalue weighted by Gasteiger charge is 2.14. The Balaban J connectivity index is 1.33. The van der Waals surface area contributed by atoms with Crippen LogP contribution in [0.4, 0.5) is 0 Å². The number of furan rings is 1. The van der Waals surface area contributed by atoms with Gasteiger partial charge in [-0.2, -0.15) is 5.10 Å². The van der Waals surface area contributed by atoms with Crippen molar-refractivity contribution in [2.75, 3.05) is 6.61 Å². The van der Waals surface area contributed by atoms with Crippen LogP contribution in [0, 0.1) is 13.8 Å². The summed E-state index contributed by atoms with van der Waals surface area (Å²) in [5.41, 5.74) is 6.62. The molecule has 0 aliphatic heterocycles. The average Bonchev–Trinajstić information content (AvgIpc) is 3.51. The van der Waals surface area contributed by atoms with Crippen LogP contribution in [0.15, 0.2) is 74.7 Å². The second kappa shape index (κ2) is 12.7. The third-order valence-corrected chi connectivity index (χ3v) is 6.29. The maximum Gasteiger partial charge on any atom is 0.307 e. The van der Waals surface area contributed by atoms with Gasteiger partial charge in [-0.15, -0.1) is 0 Å². The molecule has 2 heterocycles. The number of amides is 1. The first-order valence-electron chi connectivity index (χ1n) is 12.7. The van der Waals surface area contributed by atoms with Crippen LogP contribution < -0.4 is 19.6 Å². The van der Waals surface area contributed by atoms with E-state index in [0.29, 0.717) is 29.6 Å². The van der Waals surface area contributed by atoms with Crippen molar-refractivity contribution < 1.29 is 23.4 Å². The Labute approximate surface area is 236 Å². The second-order valence-corrected chi connectivity index (χ2v) is 9.98. The van der Waals surface area contributed by atoms with E-state index in [1.54, 1.807) is 18.2 Å². The average molecular weight is 595 g/mol. The number of carbonyl (C=O) groups excluding carboxylic acids is 1. The highest BCUT2D eigenvalue weighted by atomic mass is 79.9. The van der Waals surface area contributed by atoms with Crippen LogP contribution in [0.2, 0.25) is 0 Å². The number of nitrogens with one attached hydrogen (secondary N) is 1. The zero-order chi connectivity index (χ0) is 27.9. The summed E-state index contributed by atoms with van der Waals surface area (Å²) in [5.74, 6) is 2.11. The minimum atomic E-state index is -0.469. The summed E-state index contributed by atoms with van der Waals surface area (Å²) in [7, 11) is 0. The van der Waals surface area contributed by atoms with Crippen LogP contribution in [-0.4, -0.2) is 29.4 Å². The van der Waals surface area contributed by atoms with Crippen molar-refractivity contribution >= 4 is 28.1 Å². The van der Waals surface area contributed by atoms with E-state index in [0.717, 1.165) is 15.7 Å². The van der Waals surface area contributed by atoms with Gasteiger partial charge in [-0.05, 0) is 117 Å². The van der Waals surface area contributed by atoms with Crippen molar-refractivity contribution in [1.29, 1.82) is 0 Å². The summed E-state index contributed by atoms with van der Waals surface area (Å²) in [6.45, 7) is 10.6. The van der Waals surface area contributed by atoms with E-state index >= 15 is 0 Å². The van der Waals surface area contributed by atoms with Crippen molar-refractivity contribution in [3.8, 4) is 22.9 Å². The lowest BCUT2D eigenvalue weighted by atomic mass is 10.2. The summed E-state index contributed by atoms with van der Waals surface area (Å²) in [6, 6.07) is 19.0. The standard InChI is InChI=1S/C30H32BrN3O5/c1-6-36-28-16-22(15-26(31)29(28)38-19(2)3)17-32-33-30(35)27-14-13-25(39-27)18-37-24-11-9-23(10-12-24)34-20(4)7-8-21(34)5/h7-17,19H,6,18H2,1-5H3,(H,33,35)/b32-17+. The number of ether oxygens (including phenoxy) is 3. The molecule has 4 aromatic rings. The van der Waals surface area contributed by atoms with Gasteiger partial charge in [0.05, 0.1) is 23.4 Å². The largest absolute Gasteiger partial charge is 0.490 e. The zero-order valence-corrected chi connectivity index (χ0v) is 24.2. The predicted molar refractivity (Wildman–Crippen MR) is 154 cm³/mol. The maximum absolute atomic E-state index is 12.5. The first-order valence-corrected chi connectivity index (χ1v) is 13.5. The Morgan fingerprint density at radius 2 is 1.77 bits per heavy atom. The molecular formula is C30H32BrN3O5. The van der Waals surface area contributed by atoms with Gasteiger partial charge in [0.2, 0.25) is 0 Å². The molecule has 0 fully saturated rings. The monoisotopic (exact) mass is 593 g/mol. The first kappa shape index (κ1) is 28.0. The predicted octanol–water partition coefficient (Wildman–Crippen LogP) is 6.98. The van der Waals surface area contributed by atoms with Crippen LogP contribution in [0.3, 0.4) is 0 Å². The minimum absolute atomic E-state index is 0.00722. The minimum Gasteiger partial charge on any atom is -0.490 e. The van der Waals surface area contributed by atoms with Gasteiger partial charge in [0.1, 0.15) is 18.1 Å². The van der Waals surface area contributed by atoms with E-state index in [1.807, 2.05) is 51.1 Å². The van der Waals surface area contributed by atoms with E-state index in [1.165, 1.54) is 17.6 Å². The van der Waals surface area contributed by atoms with Crippen molar-refractivity contribution in [2.24, 2.45) is 5.10 Å². The number of aryl methyl sites for hydroxylation is 2. The number of nitrogens with zero attached hydrogens (tertiary/aromatic N) is 2. The molecule has 0 bridgehead atoms. The molecule has 0 unspecified atom stereocenters. The second-order valence-electron chi connectivity index (χ2n) is 9.13. The van der Waals surface area contributed by atoms with E-state index in [2.05, 4.69) is 57.0 Å². The first-order chi connectivity index (χ1) is 18.7. The van der Waals surface area contributed by atoms with Crippen LogP contribution in [0.1, 0.15) is 54.0 Å². The number of aromatic nitrogens is 1. The number of hydrogen-bond donors (Lipinski definition) is 1. The third kappa shape index (κ3) is 7.11. The highest BCUT2D eigenvalue weighted by Crippen LogP contribution is 2.37. The van der Waals surface area contributed by atoms with Crippen molar-refractivity contribution in [3.63, 3.8) is 0 Å². The molecule has 2 aromatic carbocycles. The van der Waals surface area contributed by atoms with Gasteiger partial charge < -0.3 is 23.2 Å². The number of hydrogen-bond acceptors (Lipinski definition) is 6.